The zero-order chi connectivity index (χ0) is 44.8. The smallest absolute Gasteiger partial charge is 0.0754 e. The highest BCUT2D eigenvalue weighted by Crippen LogP contribution is 2.64. The van der Waals surface area contributed by atoms with E-state index in [2.05, 4.69) is 238 Å². The third-order valence-electron chi connectivity index (χ3n) is 17.5. The third kappa shape index (κ3) is 4.19. The summed E-state index contributed by atoms with van der Waals surface area (Å²) in [6.07, 6.45) is 0. The highest BCUT2D eigenvalue weighted by Gasteiger charge is 2.53. The van der Waals surface area contributed by atoms with E-state index in [-0.39, 0.29) is 11.3 Å². The number of aromatic nitrogens is 1. The molecule has 6 aliphatic rings. The molecular formula is C67H45N. The van der Waals surface area contributed by atoms with E-state index in [9.17, 15) is 0 Å². The summed E-state index contributed by atoms with van der Waals surface area (Å²) in [4.78, 5) is 0. The van der Waals surface area contributed by atoms with Crippen LogP contribution in [0.5, 0.6) is 0 Å². The molecule has 5 aliphatic carbocycles. The number of para-hydroxylation sites is 2. The van der Waals surface area contributed by atoms with Gasteiger partial charge in [0.05, 0.1) is 22.1 Å². The van der Waals surface area contributed by atoms with Gasteiger partial charge in [-0.3, -0.25) is 0 Å². The fourth-order valence-electron chi connectivity index (χ4n) is 14.7. The van der Waals surface area contributed by atoms with Crippen molar-refractivity contribution in [2.75, 3.05) is 0 Å². The first-order valence-corrected chi connectivity index (χ1v) is 24.4. The number of hydrogen-bond donors (Lipinski definition) is 0. The van der Waals surface area contributed by atoms with E-state index in [0.29, 0.717) is 0 Å². The summed E-state index contributed by atoms with van der Waals surface area (Å²) in [5.41, 5.74) is 29.6. The van der Waals surface area contributed by atoms with Crippen LogP contribution in [0, 0.1) is 0 Å². The maximum atomic E-state index is 2.70. The second kappa shape index (κ2) is 12.5. The van der Waals surface area contributed by atoms with Gasteiger partial charge in [-0.15, -0.1) is 0 Å². The minimum atomic E-state index is -0.561. The maximum Gasteiger partial charge on any atom is 0.0754 e. The predicted molar refractivity (Wildman–Crippen MR) is 279 cm³/mol. The lowest BCUT2D eigenvalue weighted by molar-refractivity contribution is 0.659. The third-order valence-corrected chi connectivity index (χ3v) is 17.5. The minimum Gasteiger partial charge on any atom is -0.309 e. The lowest BCUT2D eigenvalue weighted by Gasteiger charge is -2.42. The molecule has 1 spiro atoms. The van der Waals surface area contributed by atoms with Crippen molar-refractivity contribution < 1.29 is 0 Å². The molecule has 1 nitrogen and oxygen atoms in total. The van der Waals surface area contributed by atoms with E-state index in [1.54, 1.807) is 0 Å². The molecule has 0 N–H and O–H groups in total. The Morgan fingerprint density at radius 2 is 0.868 bits per heavy atom. The zero-order valence-electron chi connectivity index (χ0n) is 38.2. The van der Waals surface area contributed by atoms with Crippen LogP contribution in [-0.4, -0.2) is 4.57 Å². The molecule has 0 amide bonds. The standard InChI is InChI=1S/C67H45N/c1-65(2)52-25-11-6-18-42(52)46-33-31-40(36-58(46)65)63-39-32-34-54-50(35-39)45-21-7-12-26-53(45)66(54,3)59-38-60-62(37-51(59)41-17-4-5-23-48(41)63)68-61-30-15-10-22-47(61)49-24-16-29-57(64(49)68)67(60)55-27-13-8-19-43(55)44-20-9-14-28-56(44)67/h4-38,63H,1-3H3. The summed E-state index contributed by atoms with van der Waals surface area (Å²) in [7, 11) is 0. The zero-order valence-corrected chi connectivity index (χ0v) is 38.2. The average molecular weight is 864 g/mol. The van der Waals surface area contributed by atoms with Gasteiger partial charge >= 0.3 is 0 Å². The molecule has 11 aromatic rings. The molecule has 1 heteroatoms. The van der Waals surface area contributed by atoms with Crippen molar-refractivity contribution in [1.82, 2.24) is 4.57 Å². The SMILES string of the molecule is CC1(C)c2ccccc2-c2ccc(C3c4ccc5c(c4)-c4ccccc4C5(C)c4cc5c(cc4-c4ccccc43)-n3c4ccccc4c4cccc(c43)C53c4ccccc4-c4ccccc43)cc21. The minimum absolute atomic E-state index is 0.0120. The lowest BCUT2D eigenvalue weighted by Crippen LogP contribution is -2.35. The summed E-state index contributed by atoms with van der Waals surface area (Å²) in [6, 6.07) is 82.6. The molecule has 68 heavy (non-hydrogen) atoms. The van der Waals surface area contributed by atoms with Crippen molar-refractivity contribution in [2.24, 2.45) is 0 Å². The molecule has 2 unspecified atom stereocenters. The van der Waals surface area contributed by atoms with Crippen molar-refractivity contribution in [3.63, 3.8) is 0 Å². The van der Waals surface area contributed by atoms with E-state index < -0.39 is 10.8 Å². The van der Waals surface area contributed by atoms with E-state index in [0.717, 1.165) is 0 Å². The maximum absolute atomic E-state index is 2.70. The number of fused-ring (bicyclic) bond motifs is 17. The summed E-state index contributed by atoms with van der Waals surface area (Å²) in [5, 5.41) is 2.59. The monoisotopic (exact) mass is 863 g/mol. The van der Waals surface area contributed by atoms with Crippen molar-refractivity contribution in [1.29, 1.82) is 0 Å². The molecule has 0 radical (unpaired) electrons. The topological polar surface area (TPSA) is 4.93 Å². The second-order valence-corrected chi connectivity index (χ2v) is 20.8. The van der Waals surface area contributed by atoms with E-state index in [4.69, 9.17) is 0 Å². The Morgan fingerprint density at radius 3 is 1.63 bits per heavy atom. The summed E-state index contributed by atoms with van der Waals surface area (Å²) in [5.74, 6) is -0.0120. The first-order valence-electron chi connectivity index (χ1n) is 24.4. The number of benzene rings is 10. The largest absolute Gasteiger partial charge is 0.309 e. The molecule has 4 bridgehead atoms. The quantitative estimate of drug-likeness (QED) is 0.155. The first kappa shape index (κ1) is 37.1. The van der Waals surface area contributed by atoms with Crippen molar-refractivity contribution in [2.45, 2.75) is 42.9 Å². The van der Waals surface area contributed by atoms with Crippen molar-refractivity contribution in [3.05, 3.63) is 279 Å². The van der Waals surface area contributed by atoms with Gasteiger partial charge in [0.1, 0.15) is 0 Å². The molecule has 10 aromatic carbocycles. The van der Waals surface area contributed by atoms with Gasteiger partial charge in [-0.05, 0) is 136 Å². The molecule has 0 saturated heterocycles. The normalized spacial score (nSPS) is 18.4. The molecule has 1 aromatic heterocycles. The van der Waals surface area contributed by atoms with Gasteiger partial charge < -0.3 is 4.57 Å². The van der Waals surface area contributed by atoms with Gasteiger partial charge in [-0.25, -0.2) is 0 Å². The van der Waals surface area contributed by atoms with Crippen LogP contribution in [-0.2, 0) is 16.2 Å². The van der Waals surface area contributed by atoms with Crippen LogP contribution >= 0.6 is 0 Å². The van der Waals surface area contributed by atoms with Gasteiger partial charge in [0.25, 0.3) is 0 Å². The molecule has 2 atom stereocenters. The van der Waals surface area contributed by atoms with Crippen molar-refractivity contribution in [3.8, 4) is 50.2 Å². The van der Waals surface area contributed by atoms with Crippen LogP contribution in [0.1, 0.15) is 93.5 Å². The fourth-order valence-corrected chi connectivity index (χ4v) is 14.7. The van der Waals surface area contributed by atoms with Gasteiger partial charge in [0.2, 0.25) is 0 Å². The Bertz CT molecular complexity index is 4050. The number of nitrogens with zero attached hydrogens (tertiary/aromatic N) is 1. The Balaban J connectivity index is 1.08. The summed E-state index contributed by atoms with van der Waals surface area (Å²) in [6.45, 7) is 7.33. The molecule has 17 rings (SSSR count). The lowest BCUT2D eigenvalue weighted by atomic mass is 9.62. The van der Waals surface area contributed by atoms with Gasteiger partial charge in [0.15, 0.2) is 0 Å². The Morgan fingerprint density at radius 1 is 0.338 bits per heavy atom. The van der Waals surface area contributed by atoms with Gasteiger partial charge in [-0.1, -0.05) is 208 Å². The van der Waals surface area contributed by atoms with Crippen LogP contribution in [0.3, 0.4) is 0 Å². The van der Waals surface area contributed by atoms with E-state index in [1.807, 2.05) is 0 Å². The molecule has 0 saturated carbocycles. The highest BCUT2D eigenvalue weighted by atomic mass is 15.0. The van der Waals surface area contributed by atoms with Crippen LogP contribution < -0.4 is 0 Å². The predicted octanol–water partition coefficient (Wildman–Crippen LogP) is 16.3. The molecule has 0 fully saturated rings. The van der Waals surface area contributed by atoms with Crippen LogP contribution in [0.2, 0.25) is 0 Å². The van der Waals surface area contributed by atoms with E-state index in [1.165, 1.54) is 139 Å². The molecule has 2 heterocycles. The van der Waals surface area contributed by atoms with Gasteiger partial charge in [-0.2, -0.15) is 0 Å². The molecular weight excluding hydrogens is 819 g/mol. The van der Waals surface area contributed by atoms with Crippen LogP contribution in [0.25, 0.3) is 72.0 Å². The van der Waals surface area contributed by atoms with Crippen molar-refractivity contribution >= 4 is 21.8 Å². The van der Waals surface area contributed by atoms with Gasteiger partial charge in [0, 0.05) is 27.5 Å². The first-order chi connectivity index (χ1) is 33.4. The Hall–Kier alpha value is -8.00. The molecule has 318 valence electrons. The number of rotatable bonds is 1. The molecule has 1 aliphatic heterocycles. The Labute approximate surface area is 396 Å². The number of hydrogen-bond acceptors (Lipinski definition) is 0. The highest BCUT2D eigenvalue weighted by molar-refractivity contribution is 6.13. The van der Waals surface area contributed by atoms with Crippen LogP contribution in [0.4, 0.5) is 0 Å². The summed E-state index contributed by atoms with van der Waals surface area (Å²) >= 11 is 0. The average Bonchev–Trinajstić information content (AvgIpc) is 4.04. The fraction of sp³-hybridized carbons (Fsp3) is 0.104. The van der Waals surface area contributed by atoms with E-state index >= 15 is 0 Å². The summed E-state index contributed by atoms with van der Waals surface area (Å²) < 4.78 is 2.63. The Kier molecular flexibility index (Phi) is 6.83. The second-order valence-electron chi connectivity index (χ2n) is 20.8. The van der Waals surface area contributed by atoms with Crippen LogP contribution in [0.15, 0.2) is 212 Å².